The molecular formula is C21H28N4O5. The van der Waals surface area contributed by atoms with E-state index in [1.807, 2.05) is 0 Å². The number of Topliss-reactive ketones (excluding diaryl/α,β-unsaturated/α-hetero) is 1. The molecule has 1 aromatic carbocycles. The lowest BCUT2D eigenvalue weighted by Gasteiger charge is -2.22. The second kappa shape index (κ2) is 11.7. The summed E-state index contributed by atoms with van der Waals surface area (Å²) in [6.07, 6.45) is 4.90. The van der Waals surface area contributed by atoms with Gasteiger partial charge in [-0.05, 0) is 31.9 Å². The van der Waals surface area contributed by atoms with Crippen molar-refractivity contribution in [2.24, 2.45) is 0 Å². The van der Waals surface area contributed by atoms with Crippen LogP contribution in [0.4, 0.5) is 0 Å². The summed E-state index contributed by atoms with van der Waals surface area (Å²) in [5.74, 6) is -3.00. The number of carbonyl (C=O) groups is 5. The summed E-state index contributed by atoms with van der Waals surface area (Å²) >= 11 is 0. The first kappa shape index (κ1) is 23.1. The molecular weight excluding hydrogens is 388 g/mol. The standard InChI is InChI=1S/C21H28N4O5/c1-14(24-18(27)13-23-20(29)15-8-4-2-5-9-15)19(28)22-12-17(26)21(30)25-16-10-6-3-7-11-16/h2,4-5,8-9,14,16H,3,6-7,10-13H2,1H3,(H,22,28)(H,23,29)(H,24,27)(H,25,30)/t14-/m0/s1. The molecule has 1 aliphatic rings. The topological polar surface area (TPSA) is 133 Å². The van der Waals surface area contributed by atoms with Gasteiger partial charge in [-0.25, -0.2) is 0 Å². The van der Waals surface area contributed by atoms with Crippen LogP contribution in [-0.2, 0) is 19.2 Å². The van der Waals surface area contributed by atoms with E-state index in [4.69, 9.17) is 0 Å². The minimum atomic E-state index is -0.930. The highest BCUT2D eigenvalue weighted by Gasteiger charge is 2.22. The quantitative estimate of drug-likeness (QED) is 0.422. The molecule has 0 heterocycles. The smallest absolute Gasteiger partial charge is 0.289 e. The van der Waals surface area contributed by atoms with Gasteiger partial charge in [-0.3, -0.25) is 24.0 Å². The Morgan fingerprint density at radius 3 is 2.27 bits per heavy atom. The van der Waals surface area contributed by atoms with Crippen LogP contribution in [0.5, 0.6) is 0 Å². The SMILES string of the molecule is C[C@H](NC(=O)CNC(=O)c1ccccc1)C(=O)NCC(=O)C(=O)NC1CCCCC1. The highest BCUT2D eigenvalue weighted by molar-refractivity contribution is 6.37. The van der Waals surface area contributed by atoms with Crippen LogP contribution in [0.1, 0.15) is 49.4 Å². The van der Waals surface area contributed by atoms with Crippen molar-refractivity contribution in [2.45, 2.75) is 51.1 Å². The van der Waals surface area contributed by atoms with Gasteiger partial charge in [0.05, 0.1) is 13.1 Å². The molecule has 0 aliphatic heterocycles. The zero-order valence-electron chi connectivity index (χ0n) is 17.0. The number of benzene rings is 1. The Morgan fingerprint density at radius 1 is 0.933 bits per heavy atom. The largest absolute Gasteiger partial charge is 0.347 e. The zero-order chi connectivity index (χ0) is 21.9. The van der Waals surface area contributed by atoms with Gasteiger partial charge in [0.25, 0.3) is 11.8 Å². The highest BCUT2D eigenvalue weighted by atomic mass is 16.2. The molecule has 0 saturated heterocycles. The fourth-order valence-corrected chi connectivity index (χ4v) is 3.12. The van der Waals surface area contributed by atoms with E-state index in [9.17, 15) is 24.0 Å². The van der Waals surface area contributed by atoms with Crippen molar-refractivity contribution >= 4 is 29.4 Å². The van der Waals surface area contributed by atoms with E-state index in [1.165, 1.54) is 6.92 Å². The van der Waals surface area contributed by atoms with Crippen LogP contribution in [-0.4, -0.2) is 54.6 Å². The lowest BCUT2D eigenvalue weighted by atomic mass is 9.95. The number of hydrogen-bond donors (Lipinski definition) is 4. The Morgan fingerprint density at radius 2 is 1.60 bits per heavy atom. The van der Waals surface area contributed by atoms with Crippen molar-refractivity contribution in [1.82, 2.24) is 21.3 Å². The number of hydrogen-bond acceptors (Lipinski definition) is 5. The summed E-state index contributed by atoms with van der Waals surface area (Å²) in [6, 6.07) is 7.50. The Balaban J connectivity index is 1.66. The monoisotopic (exact) mass is 416 g/mol. The number of carbonyl (C=O) groups excluding carboxylic acids is 5. The Hall–Kier alpha value is -3.23. The van der Waals surface area contributed by atoms with Crippen molar-refractivity contribution in [1.29, 1.82) is 0 Å². The first-order valence-corrected chi connectivity index (χ1v) is 10.1. The second-order valence-corrected chi connectivity index (χ2v) is 7.29. The van der Waals surface area contributed by atoms with Gasteiger partial charge < -0.3 is 21.3 Å². The third-order valence-electron chi connectivity index (χ3n) is 4.83. The van der Waals surface area contributed by atoms with Crippen molar-refractivity contribution in [3.8, 4) is 0 Å². The van der Waals surface area contributed by atoms with Crippen LogP contribution in [0.3, 0.4) is 0 Å². The summed E-state index contributed by atoms with van der Waals surface area (Å²) in [5.41, 5.74) is 0.418. The maximum atomic E-state index is 12.1. The van der Waals surface area contributed by atoms with Gasteiger partial charge in [0.2, 0.25) is 17.6 Å². The van der Waals surface area contributed by atoms with E-state index in [1.54, 1.807) is 30.3 Å². The average Bonchev–Trinajstić information content (AvgIpc) is 2.76. The van der Waals surface area contributed by atoms with E-state index in [2.05, 4.69) is 21.3 Å². The molecule has 1 saturated carbocycles. The van der Waals surface area contributed by atoms with Gasteiger partial charge in [0.15, 0.2) is 0 Å². The molecule has 9 heteroatoms. The predicted octanol–water partition coefficient (Wildman–Crippen LogP) is 0.0553. The molecule has 0 radical (unpaired) electrons. The Labute approximate surface area is 175 Å². The number of ketones is 1. The lowest BCUT2D eigenvalue weighted by Crippen LogP contribution is -2.50. The summed E-state index contributed by atoms with van der Waals surface area (Å²) in [6.45, 7) is 0.704. The average molecular weight is 416 g/mol. The maximum absolute atomic E-state index is 12.1. The van der Waals surface area contributed by atoms with Gasteiger partial charge in [0, 0.05) is 11.6 Å². The third kappa shape index (κ3) is 7.65. The van der Waals surface area contributed by atoms with Crippen LogP contribution < -0.4 is 21.3 Å². The molecule has 9 nitrogen and oxygen atoms in total. The van der Waals surface area contributed by atoms with E-state index < -0.39 is 42.0 Å². The number of amides is 4. The molecule has 0 aromatic heterocycles. The fourth-order valence-electron chi connectivity index (χ4n) is 3.12. The summed E-state index contributed by atoms with van der Waals surface area (Å²) in [4.78, 5) is 59.7. The van der Waals surface area contributed by atoms with E-state index in [0.717, 1.165) is 32.1 Å². The Kier molecular flexibility index (Phi) is 8.99. The minimum absolute atomic E-state index is 0.00945. The van der Waals surface area contributed by atoms with Crippen LogP contribution in [0.2, 0.25) is 0 Å². The maximum Gasteiger partial charge on any atom is 0.289 e. The molecule has 4 N–H and O–H groups in total. The van der Waals surface area contributed by atoms with Crippen LogP contribution >= 0.6 is 0 Å². The lowest BCUT2D eigenvalue weighted by molar-refractivity contribution is -0.138. The molecule has 30 heavy (non-hydrogen) atoms. The summed E-state index contributed by atoms with van der Waals surface area (Å²) in [5, 5.41) is 9.92. The summed E-state index contributed by atoms with van der Waals surface area (Å²) in [7, 11) is 0. The minimum Gasteiger partial charge on any atom is -0.347 e. The Bertz CT molecular complexity index is 775. The van der Waals surface area contributed by atoms with Crippen molar-refractivity contribution in [2.75, 3.05) is 13.1 Å². The van der Waals surface area contributed by atoms with Crippen molar-refractivity contribution < 1.29 is 24.0 Å². The van der Waals surface area contributed by atoms with E-state index >= 15 is 0 Å². The molecule has 0 bridgehead atoms. The van der Waals surface area contributed by atoms with E-state index in [0.29, 0.717) is 5.56 Å². The van der Waals surface area contributed by atoms with Crippen molar-refractivity contribution in [3.63, 3.8) is 0 Å². The normalized spacial score (nSPS) is 14.8. The molecule has 4 amide bonds. The van der Waals surface area contributed by atoms with Gasteiger partial charge in [-0.15, -0.1) is 0 Å². The fraction of sp³-hybridized carbons (Fsp3) is 0.476. The molecule has 1 aromatic rings. The first-order chi connectivity index (χ1) is 14.4. The van der Waals surface area contributed by atoms with Gasteiger partial charge in [-0.2, -0.15) is 0 Å². The molecule has 1 aliphatic carbocycles. The van der Waals surface area contributed by atoms with Crippen LogP contribution in [0.15, 0.2) is 30.3 Å². The molecule has 1 atom stereocenters. The van der Waals surface area contributed by atoms with Gasteiger partial charge in [-0.1, -0.05) is 37.5 Å². The molecule has 2 rings (SSSR count). The van der Waals surface area contributed by atoms with Gasteiger partial charge >= 0.3 is 0 Å². The molecule has 0 spiro atoms. The van der Waals surface area contributed by atoms with E-state index in [-0.39, 0.29) is 12.6 Å². The third-order valence-corrected chi connectivity index (χ3v) is 4.83. The van der Waals surface area contributed by atoms with Crippen LogP contribution in [0.25, 0.3) is 0 Å². The first-order valence-electron chi connectivity index (χ1n) is 10.1. The molecule has 0 unspecified atom stereocenters. The van der Waals surface area contributed by atoms with Gasteiger partial charge in [0.1, 0.15) is 6.04 Å². The molecule has 162 valence electrons. The molecule has 1 fully saturated rings. The number of nitrogens with one attached hydrogen (secondary N) is 4. The zero-order valence-corrected chi connectivity index (χ0v) is 17.0. The number of rotatable bonds is 9. The predicted molar refractivity (Wildman–Crippen MR) is 109 cm³/mol. The highest BCUT2D eigenvalue weighted by Crippen LogP contribution is 2.17. The summed E-state index contributed by atoms with van der Waals surface area (Å²) < 4.78 is 0. The van der Waals surface area contributed by atoms with Crippen molar-refractivity contribution in [3.05, 3.63) is 35.9 Å². The second-order valence-electron chi connectivity index (χ2n) is 7.29. The van der Waals surface area contributed by atoms with Crippen LogP contribution in [0, 0.1) is 0 Å².